The highest BCUT2D eigenvalue weighted by Gasteiger charge is 2.31. The molecule has 17 heavy (non-hydrogen) atoms. The van der Waals surface area contributed by atoms with Crippen LogP contribution in [0.5, 0.6) is 0 Å². The summed E-state index contributed by atoms with van der Waals surface area (Å²) in [6.07, 6.45) is 0.749. The average molecular weight is 236 g/mol. The first-order chi connectivity index (χ1) is 8.10. The second kappa shape index (κ2) is 5.02. The predicted molar refractivity (Wildman–Crippen MR) is 66.0 cm³/mol. The van der Waals surface area contributed by atoms with Crippen LogP contribution in [-0.4, -0.2) is 49.3 Å². The van der Waals surface area contributed by atoms with Gasteiger partial charge in [0.05, 0.1) is 6.54 Å². The fourth-order valence-electron chi connectivity index (χ4n) is 2.61. The lowest BCUT2D eigenvalue weighted by Crippen LogP contribution is -2.34. The van der Waals surface area contributed by atoms with E-state index >= 15 is 0 Å². The van der Waals surface area contributed by atoms with Crippen LogP contribution in [0.2, 0.25) is 0 Å². The molecule has 1 fully saturated rings. The van der Waals surface area contributed by atoms with E-state index in [4.69, 9.17) is 4.42 Å². The van der Waals surface area contributed by atoms with Crippen LogP contribution < -0.4 is 0 Å². The first-order valence-electron chi connectivity index (χ1n) is 6.03. The largest absolute Gasteiger partial charge is 0.457 e. The summed E-state index contributed by atoms with van der Waals surface area (Å²) in [7, 11) is 4.25. The molecule has 1 saturated heterocycles. The molecule has 1 aliphatic heterocycles. The normalized spacial score (nSPS) is 25.6. The number of carbonyl (C=O) groups excluding carboxylic acids is 1. The highest BCUT2D eigenvalue weighted by molar-refractivity contribution is 5.70. The van der Waals surface area contributed by atoms with E-state index in [1.54, 1.807) is 6.07 Å². The second-order valence-electron chi connectivity index (χ2n) is 5.12. The van der Waals surface area contributed by atoms with E-state index in [9.17, 15) is 4.79 Å². The summed E-state index contributed by atoms with van der Waals surface area (Å²) < 4.78 is 5.40. The van der Waals surface area contributed by atoms with E-state index < -0.39 is 0 Å². The van der Waals surface area contributed by atoms with Crippen molar-refractivity contribution in [3.63, 3.8) is 0 Å². The van der Waals surface area contributed by atoms with Gasteiger partial charge in [-0.1, -0.05) is 6.92 Å². The van der Waals surface area contributed by atoms with Gasteiger partial charge in [0, 0.05) is 19.1 Å². The maximum absolute atomic E-state index is 10.5. The molecule has 94 valence electrons. The Bertz CT molecular complexity index is 387. The van der Waals surface area contributed by atoms with Gasteiger partial charge < -0.3 is 9.32 Å². The Labute approximate surface area is 102 Å². The number of carbonyl (C=O) groups is 1. The van der Waals surface area contributed by atoms with Crippen LogP contribution in [0.4, 0.5) is 0 Å². The maximum Gasteiger partial charge on any atom is 0.185 e. The van der Waals surface area contributed by atoms with Crippen molar-refractivity contribution in [2.24, 2.45) is 5.92 Å². The lowest BCUT2D eigenvalue weighted by atomic mass is 10.1. The molecule has 0 N–H and O–H groups in total. The van der Waals surface area contributed by atoms with Crippen molar-refractivity contribution in [1.82, 2.24) is 9.80 Å². The average Bonchev–Trinajstić information content (AvgIpc) is 2.85. The smallest absolute Gasteiger partial charge is 0.185 e. The summed E-state index contributed by atoms with van der Waals surface area (Å²) in [6.45, 7) is 5.22. The molecule has 0 radical (unpaired) electrons. The van der Waals surface area contributed by atoms with Gasteiger partial charge in [0.25, 0.3) is 0 Å². The van der Waals surface area contributed by atoms with E-state index in [0.717, 1.165) is 31.7 Å². The monoisotopic (exact) mass is 236 g/mol. The molecule has 0 amide bonds. The van der Waals surface area contributed by atoms with E-state index in [0.29, 0.717) is 17.7 Å². The number of hydrogen-bond donors (Lipinski definition) is 0. The Morgan fingerprint density at radius 2 is 2.24 bits per heavy atom. The molecule has 0 saturated carbocycles. The summed E-state index contributed by atoms with van der Waals surface area (Å²) >= 11 is 0. The number of rotatable bonds is 4. The molecule has 4 heteroatoms. The van der Waals surface area contributed by atoms with Gasteiger partial charge in [0.1, 0.15) is 5.76 Å². The summed E-state index contributed by atoms with van der Waals surface area (Å²) in [5.74, 6) is 1.96. The zero-order chi connectivity index (χ0) is 12.4. The van der Waals surface area contributed by atoms with Crippen LogP contribution in [0.1, 0.15) is 23.2 Å². The Hall–Kier alpha value is -1.13. The third kappa shape index (κ3) is 2.76. The first kappa shape index (κ1) is 12.3. The number of likely N-dealkylation sites (tertiary alicyclic amines) is 1. The van der Waals surface area contributed by atoms with Crippen LogP contribution in [0.25, 0.3) is 0 Å². The molecular weight excluding hydrogens is 216 g/mol. The molecule has 0 aliphatic carbocycles. The zero-order valence-corrected chi connectivity index (χ0v) is 10.7. The van der Waals surface area contributed by atoms with Crippen molar-refractivity contribution in [3.05, 3.63) is 23.7 Å². The summed E-state index contributed by atoms with van der Waals surface area (Å²) in [5, 5.41) is 0. The Kier molecular flexibility index (Phi) is 3.64. The Balaban J connectivity index is 1.95. The minimum absolute atomic E-state index is 0.413. The molecular formula is C13H20N2O2. The van der Waals surface area contributed by atoms with Crippen molar-refractivity contribution in [1.29, 1.82) is 0 Å². The van der Waals surface area contributed by atoms with Crippen molar-refractivity contribution in [3.8, 4) is 0 Å². The SMILES string of the molecule is CC1CN(Cc2ccc(C=O)o2)CC1N(C)C. The quantitative estimate of drug-likeness (QED) is 0.742. The summed E-state index contributed by atoms with van der Waals surface area (Å²) in [5.41, 5.74) is 0. The Morgan fingerprint density at radius 1 is 1.47 bits per heavy atom. The van der Waals surface area contributed by atoms with E-state index in [1.807, 2.05) is 6.07 Å². The standard InChI is InChI=1S/C13H20N2O2/c1-10-6-15(8-13(10)14(2)3)7-11-4-5-12(9-16)17-11/h4-5,9-10,13H,6-8H2,1-3H3. The number of likely N-dealkylation sites (N-methyl/N-ethyl adjacent to an activating group) is 1. The van der Waals surface area contributed by atoms with Crippen LogP contribution in [0, 0.1) is 5.92 Å². The molecule has 1 aromatic heterocycles. The van der Waals surface area contributed by atoms with Crippen LogP contribution in [0.15, 0.2) is 16.5 Å². The molecule has 2 unspecified atom stereocenters. The van der Waals surface area contributed by atoms with E-state index in [2.05, 4.69) is 30.8 Å². The van der Waals surface area contributed by atoms with Gasteiger partial charge >= 0.3 is 0 Å². The minimum Gasteiger partial charge on any atom is -0.457 e. The first-order valence-corrected chi connectivity index (χ1v) is 6.03. The van der Waals surface area contributed by atoms with Crippen molar-refractivity contribution < 1.29 is 9.21 Å². The topological polar surface area (TPSA) is 36.7 Å². The van der Waals surface area contributed by atoms with Gasteiger partial charge in [-0.3, -0.25) is 9.69 Å². The van der Waals surface area contributed by atoms with E-state index in [1.165, 1.54) is 0 Å². The third-order valence-corrected chi connectivity index (χ3v) is 3.49. The molecule has 2 atom stereocenters. The van der Waals surface area contributed by atoms with Gasteiger partial charge in [0.15, 0.2) is 12.0 Å². The van der Waals surface area contributed by atoms with Crippen molar-refractivity contribution >= 4 is 6.29 Å². The van der Waals surface area contributed by atoms with E-state index in [-0.39, 0.29) is 0 Å². The van der Waals surface area contributed by atoms with Gasteiger partial charge in [-0.05, 0) is 32.1 Å². The van der Waals surface area contributed by atoms with Gasteiger partial charge in [-0.2, -0.15) is 0 Å². The molecule has 0 bridgehead atoms. The maximum atomic E-state index is 10.5. The van der Waals surface area contributed by atoms with Gasteiger partial charge in [0.2, 0.25) is 0 Å². The van der Waals surface area contributed by atoms with Gasteiger partial charge in [-0.15, -0.1) is 0 Å². The molecule has 1 aromatic rings. The second-order valence-corrected chi connectivity index (χ2v) is 5.12. The highest BCUT2D eigenvalue weighted by atomic mass is 16.3. The fourth-order valence-corrected chi connectivity index (χ4v) is 2.61. The lowest BCUT2D eigenvalue weighted by molar-refractivity contribution is 0.109. The summed E-state index contributed by atoms with van der Waals surface area (Å²) in [4.78, 5) is 15.2. The molecule has 0 aromatic carbocycles. The van der Waals surface area contributed by atoms with Crippen LogP contribution in [-0.2, 0) is 6.54 Å². The van der Waals surface area contributed by atoms with Crippen LogP contribution >= 0.6 is 0 Å². The number of hydrogen-bond acceptors (Lipinski definition) is 4. The van der Waals surface area contributed by atoms with Crippen molar-refractivity contribution in [2.75, 3.05) is 27.2 Å². The Morgan fingerprint density at radius 3 is 2.76 bits per heavy atom. The number of furan rings is 1. The molecule has 2 rings (SSSR count). The molecule has 2 heterocycles. The predicted octanol–water partition coefficient (Wildman–Crippen LogP) is 1.47. The number of aldehydes is 1. The molecule has 1 aliphatic rings. The fraction of sp³-hybridized carbons (Fsp3) is 0.615. The highest BCUT2D eigenvalue weighted by Crippen LogP contribution is 2.22. The van der Waals surface area contributed by atoms with Crippen LogP contribution in [0.3, 0.4) is 0 Å². The third-order valence-electron chi connectivity index (χ3n) is 3.49. The zero-order valence-electron chi connectivity index (χ0n) is 10.7. The van der Waals surface area contributed by atoms with Gasteiger partial charge in [-0.25, -0.2) is 0 Å². The lowest BCUT2D eigenvalue weighted by Gasteiger charge is -2.22. The number of nitrogens with zero attached hydrogens (tertiary/aromatic N) is 2. The summed E-state index contributed by atoms with van der Waals surface area (Å²) in [6, 6.07) is 4.22. The van der Waals surface area contributed by atoms with Crippen molar-refractivity contribution in [2.45, 2.75) is 19.5 Å². The minimum atomic E-state index is 0.413. The molecule has 0 spiro atoms. The molecule has 4 nitrogen and oxygen atoms in total.